The third-order valence-corrected chi connectivity index (χ3v) is 8.13. The van der Waals surface area contributed by atoms with E-state index in [4.69, 9.17) is 16.4 Å². The van der Waals surface area contributed by atoms with Crippen molar-refractivity contribution in [1.29, 1.82) is 5.26 Å². The van der Waals surface area contributed by atoms with Crippen LogP contribution in [0.15, 0.2) is 60.8 Å². The highest BCUT2D eigenvalue weighted by molar-refractivity contribution is 5.97. The van der Waals surface area contributed by atoms with Gasteiger partial charge in [0.25, 0.3) is 0 Å². The molecule has 200 valence electrons. The van der Waals surface area contributed by atoms with Crippen LogP contribution in [-0.4, -0.2) is 52.1 Å². The number of hydrogen-bond donors (Lipinski definition) is 0. The number of fused-ring (bicyclic) bond motifs is 2. The largest absolute Gasteiger partial charge is 0.365 e. The van der Waals surface area contributed by atoms with E-state index in [9.17, 15) is 5.26 Å². The fraction of sp³-hybridized carbons (Fsp3) is 0.333. The molecule has 40 heavy (non-hydrogen) atoms. The highest BCUT2D eigenvalue weighted by Gasteiger charge is 2.31. The quantitative estimate of drug-likeness (QED) is 0.337. The van der Waals surface area contributed by atoms with Gasteiger partial charge in [0.15, 0.2) is 0 Å². The summed E-state index contributed by atoms with van der Waals surface area (Å²) < 4.78 is 0. The lowest BCUT2D eigenvalue weighted by atomic mass is 9.99. The smallest absolute Gasteiger partial charge is 0.136 e. The highest BCUT2D eigenvalue weighted by Crippen LogP contribution is 2.35. The maximum absolute atomic E-state index is 9.43. The summed E-state index contributed by atoms with van der Waals surface area (Å²) in [6.45, 7) is 6.00. The number of hydrogen-bond acceptors (Lipinski definition) is 7. The monoisotopic (exact) mass is 527 g/mol. The predicted molar refractivity (Wildman–Crippen MR) is 159 cm³/mol. The van der Waals surface area contributed by atoms with Gasteiger partial charge in [0.2, 0.25) is 0 Å². The molecule has 2 aromatic carbocycles. The number of aromatic nitrogens is 3. The zero-order chi connectivity index (χ0) is 27.5. The van der Waals surface area contributed by atoms with Crippen LogP contribution < -0.4 is 9.80 Å². The summed E-state index contributed by atoms with van der Waals surface area (Å²) >= 11 is 0. The van der Waals surface area contributed by atoms with E-state index in [2.05, 4.69) is 76.3 Å². The number of anilines is 2. The van der Waals surface area contributed by atoms with Gasteiger partial charge in [-0.15, -0.1) is 0 Å². The van der Waals surface area contributed by atoms with E-state index in [0.29, 0.717) is 19.5 Å². The van der Waals surface area contributed by atoms with Gasteiger partial charge in [0.05, 0.1) is 30.8 Å². The Morgan fingerprint density at radius 2 is 1.85 bits per heavy atom. The Kier molecular flexibility index (Phi) is 7.21. The molecule has 4 aromatic rings. The Balaban J connectivity index is 1.36. The summed E-state index contributed by atoms with van der Waals surface area (Å²) in [5.74, 6) is 1.85. The van der Waals surface area contributed by atoms with E-state index in [1.54, 1.807) is 0 Å². The average molecular weight is 528 g/mol. The second-order valence-corrected chi connectivity index (χ2v) is 10.6. The topological polar surface area (TPSA) is 72.2 Å². The molecule has 7 heteroatoms. The highest BCUT2D eigenvalue weighted by atomic mass is 15.3. The molecular weight excluding hydrogens is 494 g/mol. The van der Waals surface area contributed by atoms with Crippen molar-refractivity contribution in [3.05, 3.63) is 89.1 Å². The molecular formula is C33H33N7. The first-order chi connectivity index (χ1) is 19.6. The first-order valence-corrected chi connectivity index (χ1v) is 14.0. The zero-order valence-corrected chi connectivity index (χ0v) is 22.9. The molecule has 2 aromatic heterocycles. The molecule has 2 aliphatic rings. The Hall–Kier alpha value is -4.62. The number of pyridine rings is 1. The van der Waals surface area contributed by atoms with E-state index in [1.165, 1.54) is 27.6 Å². The molecule has 1 saturated heterocycles. The van der Waals surface area contributed by atoms with E-state index in [-0.39, 0.29) is 6.04 Å². The van der Waals surface area contributed by atoms with Crippen molar-refractivity contribution in [3.8, 4) is 18.5 Å². The Morgan fingerprint density at radius 1 is 0.975 bits per heavy atom. The third-order valence-electron chi connectivity index (χ3n) is 8.13. The van der Waals surface area contributed by atoms with Crippen LogP contribution in [0.25, 0.3) is 10.8 Å². The van der Waals surface area contributed by atoms with Gasteiger partial charge in [0, 0.05) is 67.2 Å². The molecule has 0 N–H and O–H groups in total. The molecule has 0 saturated carbocycles. The van der Waals surface area contributed by atoms with Crippen LogP contribution in [0.3, 0.4) is 0 Å². The normalized spacial score (nSPS) is 16.9. The van der Waals surface area contributed by atoms with Crippen molar-refractivity contribution in [2.45, 2.75) is 45.2 Å². The number of aryl methyl sites for hydroxylation is 3. The van der Waals surface area contributed by atoms with Gasteiger partial charge in [-0.3, -0.25) is 4.98 Å². The summed E-state index contributed by atoms with van der Waals surface area (Å²) in [5.41, 5.74) is 5.89. The average Bonchev–Trinajstić information content (AvgIpc) is 3.00. The molecule has 2 aliphatic heterocycles. The van der Waals surface area contributed by atoms with Crippen LogP contribution in [0.2, 0.25) is 0 Å². The van der Waals surface area contributed by atoms with E-state index >= 15 is 0 Å². The van der Waals surface area contributed by atoms with Crippen molar-refractivity contribution in [2.75, 3.05) is 36.0 Å². The van der Waals surface area contributed by atoms with E-state index in [0.717, 1.165) is 61.9 Å². The Bertz CT molecular complexity index is 1600. The van der Waals surface area contributed by atoms with Crippen LogP contribution in [0.1, 0.15) is 34.8 Å². The molecule has 0 aliphatic carbocycles. The number of terminal acetylenes is 1. The SMILES string of the molecule is C#CN1CCN(c2nc(CCc3ccccn3)nc3c2CCN(c2cccc4cccc(C)c24)C3)CC1CC#N. The van der Waals surface area contributed by atoms with Gasteiger partial charge >= 0.3 is 0 Å². The van der Waals surface area contributed by atoms with E-state index in [1.807, 2.05) is 23.2 Å². The molecule has 1 atom stereocenters. The van der Waals surface area contributed by atoms with Crippen molar-refractivity contribution < 1.29 is 0 Å². The number of rotatable bonds is 6. The molecule has 1 fully saturated rings. The summed E-state index contributed by atoms with van der Waals surface area (Å²) in [6, 6.07) is 24.2. The molecule has 0 radical (unpaired) electrons. The second kappa shape index (κ2) is 11.2. The van der Waals surface area contributed by atoms with Crippen LogP contribution in [-0.2, 0) is 25.8 Å². The Labute approximate surface area is 236 Å². The molecule has 1 unspecified atom stereocenters. The maximum atomic E-state index is 9.43. The number of nitrogens with zero attached hydrogens (tertiary/aromatic N) is 7. The summed E-state index contributed by atoms with van der Waals surface area (Å²) in [4.78, 5) is 21.5. The summed E-state index contributed by atoms with van der Waals surface area (Å²) in [6.07, 6.45) is 10.4. The van der Waals surface area contributed by atoms with Crippen LogP contribution in [0, 0.1) is 30.7 Å². The van der Waals surface area contributed by atoms with Gasteiger partial charge in [-0.05, 0) is 48.9 Å². The number of nitriles is 1. The van der Waals surface area contributed by atoms with Crippen molar-refractivity contribution in [2.24, 2.45) is 0 Å². The van der Waals surface area contributed by atoms with Crippen molar-refractivity contribution in [1.82, 2.24) is 19.9 Å². The van der Waals surface area contributed by atoms with Gasteiger partial charge < -0.3 is 14.7 Å². The molecule has 0 spiro atoms. The van der Waals surface area contributed by atoms with Gasteiger partial charge in [-0.2, -0.15) is 5.26 Å². The second-order valence-electron chi connectivity index (χ2n) is 10.6. The summed E-state index contributed by atoms with van der Waals surface area (Å²) in [5, 5.41) is 12.0. The third kappa shape index (κ3) is 5.03. The van der Waals surface area contributed by atoms with Crippen molar-refractivity contribution >= 4 is 22.3 Å². The minimum atomic E-state index is -0.00918. The minimum absolute atomic E-state index is 0.00918. The van der Waals surface area contributed by atoms with Gasteiger partial charge in [-0.25, -0.2) is 9.97 Å². The fourth-order valence-corrected chi connectivity index (χ4v) is 6.09. The van der Waals surface area contributed by atoms with Gasteiger partial charge in [0.1, 0.15) is 11.6 Å². The first-order valence-electron chi connectivity index (χ1n) is 14.0. The van der Waals surface area contributed by atoms with E-state index < -0.39 is 0 Å². The van der Waals surface area contributed by atoms with Crippen LogP contribution >= 0.6 is 0 Å². The zero-order valence-electron chi connectivity index (χ0n) is 22.9. The molecule has 0 bridgehead atoms. The maximum Gasteiger partial charge on any atom is 0.136 e. The first kappa shape index (κ1) is 25.6. The number of piperazine rings is 1. The molecule has 4 heterocycles. The standard InChI is InChI=1S/C33H33N7/c1-3-38-20-21-40(22-27(38)15-17-34)33-28-16-19-39(30-12-7-10-25-9-6-8-24(2)32(25)30)23-29(28)36-31(37-33)14-13-26-11-4-5-18-35-26/h1,4-12,18,27H,13-16,19-23H2,2H3. The van der Waals surface area contributed by atoms with Crippen LogP contribution in [0.5, 0.6) is 0 Å². The Morgan fingerprint density at radius 3 is 2.65 bits per heavy atom. The van der Waals surface area contributed by atoms with Crippen LogP contribution in [0.4, 0.5) is 11.5 Å². The molecule has 0 amide bonds. The molecule has 7 nitrogen and oxygen atoms in total. The predicted octanol–water partition coefficient (Wildman–Crippen LogP) is 4.68. The number of benzene rings is 2. The lowest BCUT2D eigenvalue weighted by Gasteiger charge is -2.41. The summed E-state index contributed by atoms with van der Waals surface area (Å²) in [7, 11) is 0. The fourth-order valence-electron chi connectivity index (χ4n) is 6.09. The van der Waals surface area contributed by atoms with Gasteiger partial charge in [-0.1, -0.05) is 42.8 Å². The molecule has 6 rings (SSSR count). The lowest BCUT2D eigenvalue weighted by molar-refractivity contribution is 0.267. The minimum Gasteiger partial charge on any atom is -0.365 e. The lowest BCUT2D eigenvalue weighted by Crippen LogP contribution is -2.52. The van der Waals surface area contributed by atoms with Crippen molar-refractivity contribution in [3.63, 3.8) is 0 Å².